The Morgan fingerprint density at radius 1 is 1.09 bits per heavy atom. The largest absolute Gasteiger partial charge is 0.459 e. The predicted molar refractivity (Wildman–Crippen MR) is 123 cm³/mol. The Hall–Kier alpha value is -2.63. The number of aliphatic hydroxyl groups excluding tert-OH is 1. The summed E-state index contributed by atoms with van der Waals surface area (Å²) in [5.74, 6) is 0.877. The molecule has 1 fully saturated rings. The number of ether oxygens (including phenoxy) is 2. The molecular weight excluding hydrogens is 402 g/mol. The van der Waals surface area contributed by atoms with Gasteiger partial charge in [0, 0.05) is 25.5 Å². The molecule has 168 valence electrons. The van der Waals surface area contributed by atoms with E-state index in [-0.39, 0.29) is 18.4 Å². The zero-order chi connectivity index (χ0) is 21.9. The lowest BCUT2D eigenvalue weighted by Gasteiger charge is -2.29. The zero-order valence-corrected chi connectivity index (χ0v) is 18.4. The summed E-state index contributed by atoms with van der Waals surface area (Å²) >= 11 is 0. The summed E-state index contributed by atoms with van der Waals surface area (Å²) in [6.07, 6.45) is 6.97. The Labute approximate surface area is 189 Å². The summed E-state index contributed by atoms with van der Waals surface area (Å²) in [6, 6.07) is 15.2. The van der Waals surface area contributed by atoms with E-state index in [1.54, 1.807) is 0 Å². The minimum Gasteiger partial charge on any atom is -0.459 e. The molecule has 2 atom stereocenters. The number of amides is 1. The quantitative estimate of drug-likeness (QED) is 0.494. The predicted octanol–water partition coefficient (Wildman–Crippen LogP) is 4.29. The first-order valence-electron chi connectivity index (χ1n) is 11.8. The van der Waals surface area contributed by atoms with E-state index in [9.17, 15) is 4.79 Å². The Morgan fingerprint density at radius 2 is 1.94 bits per heavy atom. The lowest BCUT2D eigenvalue weighted by Crippen LogP contribution is -2.34. The van der Waals surface area contributed by atoms with Gasteiger partial charge in [0.25, 0.3) is 5.91 Å². The maximum absolute atomic E-state index is 12.8. The SMILES string of the molecule is O=C(NCC1CC1)C1=C[C@@H](c2ccc3c(c2)Cc2ccccc2-3)C[C@@H](OCCCCO)O1. The van der Waals surface area contributed by atoms with E-state index in [4.69, 9.17) is 14.6 Å². The first-order chi connectivity index (χ1) is 15.7. The van der Waals surface area contributed by atoms with Crippen molar-refractivity contribution in [1.82, 2.24) is 5.32 Å². The summed E-state index contributed by atoms with van der Waals surface area (Å²) in [5, 5.41) is 12.0. The molecule has 5 rings (SSSR count). The van der Waals surface area contributed by atoms with E-state index in [1.165, 1.54) is 40.7 Å². The number of unbranched alkanes of at least 4 members (excludes halogenated alkanes) is 1. The van der Waals surface area contributed by atoms with Gasteiger partial charge in [-0.1, -0.05) is 42.5 Å². The Balaban J connectivity index is 1.34. The van der Waals surface area contributed by atoms with Gasteiger partial charge in [0.15, 0.2) is 5.76 Å². The van der Waals surface area contributed by atoms with Gasteiger partial charge in [0.05, 0.1) is 6.61 Å². The molecule has 2 N–H and O–H groups in total. The third kappa shape index (κ3) is 4.74. The van der Waals surface area contributed by atoms with Gasteiger partial charge in [0.2, 0.25) is 6.29 Å². The molecule has 32 heavy (non-hydrogen) atoms. The van der Waals surface area contributed by atoms with E-state index in [1.807, 2.05) is 6.08 Å². The number of carbonyl (C=O) groups excluding carboxylic acids is 1. The van der Waals surface area contributed by atoms with Crippen LogP contribution in [0.1, 0.15) is 54.7 Å². The monoisotopic (exact) mass is 433 g/mol. The van der Waals surface area contributed by atoms with E-state index >= 15 is 0 Å². The second kappa shape index (κ2) is 9.47. The molecule has 0 unspecified atom stereocenters. The molecule has 0 aromatic heterocycles. The number of rotatable bonds is 9. The topological polar surface area (TPSA) is 67.8 Å². The van der Waals surface area contributed by atoms with E-state index in [0.717, 1.165) is 12.8 Å². The van der Waals surface area contributed by atoms with Crippen molar-refractivity contribution in [2.75, 3.05) is 19.8 Å². The van der Waals surface area contributed by atoms with Crippen LogP contribution < -0.4 is 5.32 Å². The third-order valence-electron chi connectivity index (χ3n) is 6.63. The summed E-state index contributed by atoms with van der Waals surface area (Å²) in [7, 11) is 0. The second-order valence-electron chi connectivity index (χ2n) is 9.13. The number of hydrogen-bond donors (Lipinski definition) is 2. The number of benzene rings is 2. The van der Waals surface area contributed by atoms with E-state index < -0.39 is 6.29 Å². The Bertz CT molecular complexity index is 1010. The van der Waals surface area contributed by atoms with Crippen molar-refractivity contribution in [1.29, 1.82) is 0 Å². The van der Waals surface area contributed by atoms with Gasteiger partial charge in [-0.05, 0) is 71.9 Å². The van der Waals surface area contributed by atoms with Gasteiger partial charge in [-0.15, -0.1) is 0 Å². The minimum absolute atomic E-state index is 0.0577. The number of carbonyl (C=O) groups is 1. The summed E-state index contributed by atoms with van der Waals surface area (Å²) in [4.78, 5) is 12.8. The molecule has 1 aliphatic heterocycles. The highest BCUT2D eigenvalue weighted by Crippen LogP contribution is 2.40. The van der Waals surface area contributed by atoms with Crippen molar-refractivity contribution >= 4 is 5.91 Å². The summed E-state index contributed by atoms with van der Waals surface area (Å²) in [6.45, 7) is 1.38. The van der Waals surface area contributed by atoms with Crippen molar-refractivity contribution in [2.45, 2.75) is 50.7 Å². The summed E-state index contributed by atoms with van der Waals surface area (Å²) in [5.41, 5.74) is 6.52. The molecule has 0 radical (unpaired) electrons. The van der Waals surface area contributed by atoms with Crippen molar-refractivity contribution in [3.05, 3.63) is 71.0 Å². The molecule has 1 amide bonds. The highest BCUT2D eigenvalue weighted by Gasteiger charge is 2.30. The fourth-order valence-corrected chi connectivity index (χ4v) is 4.62. The molecule has 2 aromatic carbocycles. The van der Waals surface area contributed by atoms with Crippen LogP contribution in [-0.4, -0.2) is 37.1 Å². The number of hydrogen-bond acceptors (Lipinski definition) is 4. The fraction of sp³-hybridized carbons (Fsp3) is 0.444. The molecule has 1 saturated carbocycles. The molecule has 2 aromatic rings. The van der Waals surface area contributed by atoms with Crippen LogP contribution in [0.5, 0.6) is 0 Å². The zero-order valence-electron chi connectivity index (χ0n) is 18.4. The molecule has 0 spiro atoms. The highest BCUT2D eigenvalue weighted by atomic mass is 16.7. The van der Waals surface area contributed by atoms with Crippen LogP contribution in [0, 0.1) is 5.92 Å². The molecule has 5 heteroatoms. The Kier molecular flexibility index (Phi) is 6.28. The van der Waals surface area contributed by atoms with Crippen LogP contribution >= 0.6 is 0 Å². The van der Waals surface area contributed by atoms with Gasteiger partial charge in [-0.3, -0.25) is 4.79 Å². The Morgan fingerprint density at radius 3 is 2.78 bits per heavy atom. The molecule has 5 nitrogen and oxygen atoms in total. The average molecular weight is 434 g/mol. The minimum atomic E-state index is -0.462. The molecular formula is C27H31NO4. The maximum Gasteiger partial charge on any atom is 0.286 e. The number of allylic oxidation sites excluding steroid dienone is 1. The average Bonchev–Trinajstić information content (AvgIpc) is 3.58. The van der Waals surface area contributed by atoms with Gasteiger partial charge >= 0.3 is 0 Å². The first kappa shape index (κ1) is 21.2. The van der Waals surface area contributed by atoms with Crippen LogP contribution in [0.3, 0.4) is 0 Å². The molecule has 3 aliphatic rings. The van der Waals surface area contributed by atoms with Gasteiger partial charge in [0.1, 0.15) is 0 Å². The third-order valence-corrected chi connectivity index (χ3v) is 6.63. The standard InChI is InChI=1S/C27H31NO4/c29-11-3-4-12-31-26-16-21(15-25(32-26)27(30)28-17-18-7-8-18)19-9-10-24-22(13-19)14-20-5-1-2-6-23(20)24/h1-2,5-6,9-10,13,15,18,21,26,29H,3-4,7-8,11-12,14,16-17H2,(H,28,30)/t21-,26+/m1/s1. The maximum atomic E-state index is 12.8. The normalized spacial score (nSPS) is 21.3. The number of aliphatic hydroxyl groups is 1. The molecule has 1 heterocycles. The molecule has 0 bridgehead atoms. The van der Waals surface area contributed by atoms with Crippen LogP contribution in [-0.2, 0) is 20.7 Å². The van der Waals surface area contributed by atoms with Crippen molar-refractivity contribution < 1.29 is 19.4 Å². The smallest absolute Gasteiger partial charge is 0.286 e. The highest BCUT2D eigenvalue weighted by molar-refractivity contribution is 5.91. The lowest BCUT2D eigenvalue weighted by atomic mass is 9.90. The lowest BCUT2D eigenvalue weighted by molar-refractivity contribution is -0.146. The van der Waals surface area contributed by atoms with Gasteiger partial charge in [-0.2, -0.15) is 0 Å². The number of fused-ring (bicyclic) bond motifs is 3. The van der Waals surface area contributed by atoms with Crippen molar-refractivity contribution in [3.8, 4) is 11.1 Å². The van der Waals surface area contributed by atoms with Gasteiger partial charge in [-0.25, -0.2) is 0 Å². The second-order valence-corrected chi connectivity index (χ2v) is 9.13. The van der Waals surface area contributed by atoms with Crippen molar-refractivity contribution in [3.63, 3.8) is 0 Å². The first-order valence-corrected chi connectivity index (χ1v) is 11.8. The molecule has 0 saturated heterocycles. The van der Waals surface area contributed by atoms with Crippen LogP contribution in [0.15, 0.2) is 54.3 Å². The van der Waals surface area contributed by atoms with Crippen LogP contribution in [0.2, 0.25) is 0 Å². The van der Waals surface area contributed by atoms with Crippen LogP contribution in [0.4, 0.5) is 0 Å². The molecule has 2 aliphatic carbocycles. The van der Waals surface area contributed by atoms with Gasteiger partial charge < -0.3 is 19.9 Å². The van der Waals surface area contributed by atoms with Crippen molar-refractivity contribution in [2.24, 2.45) is 5.92 Å². The fourth-order valence-electron chi connectivity index (χ4n) is 4.62. The summed E-state index contributed by atoms with van der Waals surface area (Å²) < 4.78 is 11.9. The van der Waals surface area contributed by atoms with Crippen LogP contribution in [0.25, 0.3) is 11.1 Å². The number of nitrogens with one attached hydrogen (secondary N) is 1. The van der Waals surface area contributed by atoms with E-state index in [0.29, 0.717) is 37.7 Å². The van der Waals surface area contributed by atoms with E-state index in [2.05, 4.69) is 47.8 Å².